The molecule has 2 rings (SSSR count). The van der Waals surface area contributed by atoms with E-state index in [4.69, 9.17) is 4.42 Å². The van der Waals surface area contributed by atoms with Gasteiger partial charge in [-0.05, 0) is 44.0 Å². The van der Waals surface area contributed by atoms with Gasteiger partial charge in [0.05, 0.1) is 6.54 Å². The van der Waals surface area contributed by atoms with Gasteiger partial charge in [0.25, 0.3) is 10.0 Å². The standard InChI is InChI=1S/C15H26N2O3S/c1-12-3-5-13(6-4-12)9-10-17-11-14-7-8-15(20-14)21(18,19)16-2/h7-8,12-13,16-17H,3-6,9-11H2,1-2H3. The summed E-state index contributed by atoms with van der Waals surface area (Å²) in [5, 5.41) is 3.31. The summed E-state index contributed by atoms with van der Waals surface area (Å²) in [6, 6.07) is 3.20. The first kappa shape index (κ1) is 16.5. The number of sulfonamides is 1. The molecule has 6 heteroatoms. The van der Waals surface area contributed by atoms with Gasteiger partial charge in [-0.2, -0.15) is 0 Å². The summed E-state index contributed by atoms with van der Waals surface area (Å²) < 4.78 is 30.7. The SMILES string of the molecule is CNS(=O)(=O)c1ccc(CNCCC2CCC(C)CC2)o1. The fraction of sp³-hybridized carbons (Fsp3) is 0.733. The highest BCUT2D eigenvalue weighted by Crippen LogP contribution is 2.29. The first-order valence-corrected chi connectivity index (χ1v) is 9.22. The van der Waals surface area contributed by atoms with Gasteiger partial charge in [-0.15, -0.1) is 0 Å². The molecule has 1 aliphatic carbocycles. The summed E-state index contributed by atoms with van der Waals surface area (Å²) in [7, 11) is -2.10. The van der Waals surface area contributed by atoms with Crippen LogP contribution in [0.1, 0.15) is 44.8 Å². The maximum atomic E-state index is 11.6. The van der Waals surface area contributed by atoms with E-state index in [1.54, 1.807) is 6.07 Å². The predicted molar refractivity (Wildman–Crippen MR) is 82.4 cm³/mol. The molecule has 0 radical (unpaired) electrons. The Bertz CT molecular complexity index is 531. The van der Waals surface area contributed by atoms with E-state index in [0.29, 0.717) is 12.3 Å². The monoisotopic (exact) mass is 314 g/mol. The quantitative estimate of drug-likeness (QED) is 0.759. The summed E-state index contributed by atoms with van der Waals surface area (Å²) in [6.07, 6.45) is 6.58. The molecule has 1 aliphatic rings. The molecule has 0 aliphatic heterocycles. The van der Waals surface area contributed by atoms with E-state index in [9.17, 15) is 8.42 Å². The smallest absolute Gasteiger partial charge is 0.273 e. The van der Waals surface area contributed by atoms with Gasteiger partial charge in [-0.25, -0.2) is 13.1 Å². The first-order valence-electron chi connectivity index (χ1n) is 7.74. The lowest BCUT2D eigenvalue weighted by Gasteiger charge is -2.26. The van der Waals surface area contributed by atoms with Crippen LogP contribution in [0.5, 0.6) is 0 Å². The number of furan rings is 1. The predicted octanol–water partition coefficient (Wildman–Crippen LogP) is 2.49. The van der Waals surface area contributed by atoms with Crippen molar-refractivity contribution in [2.75, 3.05) is 13.6 Å². The molecule has 120 valence electrons. The molecule has 2 N–H and O–H groups in total. The Morgan fingerprint density at radius 2 is 1.95 bits per heavy atom. The number of rotatable bonds is 7. The molecular weight excluding hydrogens is 288 g/mol. The maximum absolute atomic E-state index is 11.6. The highest BCUT2D eigenvalue weighted by Gasteiger charge is 2.18. The zero-order valence-electron chi connectivity index (χ0n) is 12.9. The van der Waals surface area contributed by atoms with E-state index in [0.717, 1.165) is 18.4 Å². The average Bonchev–Trinajstić information content (AvgIpc) is 2.95. The normalized spacial score (nSPS) is 23.3. The largest absolute Gasteiger partial charge is 0.447 e. The van der Waals surface area contributed by atoms with Crippen molar-refractivity contribution in [1.29, 1.82) is 0 Å². The van der Waals surface area contributed by atoms with Crippen molar-refractivity contribution in [3.63, 3.8) is 0 Å². The summed E-state index contributed by atoms with van der Waals surface area (Å²) >= 11 is 0. The highest BCUT2D eigenvalue weighted by molar-refractivity contribution is 7.89. The second-order valence-electron chi connectivity index (χ2n) is 6.02. The minimum absolute atomic E-state index is 0.0249. The van der Waals surface area contributed by atoms with Gasteiger partial charge in [0, 0.05) is 0 Å². The number of hydrogen-bond donors (Lipinski definition) is 2. The van der Waals surface area contributed by atoms with E-state index >= 15 is 0 Å². The minimum Gasteiger partial charge on any atom is -0.447 e. The third-order valence-corrected chi connectivity index (χ3v) is 5.62. The van der Waals surface area contributed by atoms with Crippen molar-refractivity contribution in [3.05, 3.63) is 17.9 Å². The molecule has 1 aromatic rings. The lowest BCUT2D eigenvalue weighted by atomic mass is 9.81. The Hall–Kier alpha value is -0.850. The minimum atomic E-state index is -3.47. The Kier molecular flexibility index (Phi) is 5.84. The van der Waals surface area contributed by atoms with Crippen LogP contribution in [0.2, 0.25) is 0 Å². The van der Waals surface area contributed by atoms with Crippen LogP contribution < -0.4 is 10.0 Å². The fourth-order valence-electron chi connectivity index (χ4n) is 2.83. The summed E-state index contributed by atoms with van der Waals surface area (Å²) in [6.45, 7) is 3.86. The third kappa shape index (κ3) is 4.83. The first-order chi connectivity index (χ1) is 10.0. The van der Waals surface area contributed by atoms with Gasteiger partial charge in [-0.3, -0.25) is 0 Å². The van der Waals surface area contributed by atoms with Crippen molar-refractivity contribution in [3.8, 4) is 0 Å². The fourth-order valence-corrected chi connectivity index (χ4v) is 3.50. The molecule has 1 fully saturated rings. The molecule has 0 spiro atoms. The lowest BCUT2D eigenvalue weighted by Crippen LogP contribution is -2.20. The van der Waals surface area contributed by atoms with Crippen LogP contribution in [-0.4, -0.2) is 22.0 Å². The van der Waals surface area contributed by atoms with Crippen molar-refractivity contribution in [2.45, 2.75) is 50.7 Å². The molecule has 0 amide bonds. The van der Waals surface area contributed by atoms with Crippen molar-refractivity contribution < 1.29 is 12.8 Å². The highest BCUT2D eigenvalue weighted by atomic mass is 32.2. The van der Waals surface area contributed by atoms with Gasteiger partial charge in [0.2, 0.25) is 5.09 Å². The van der Waals surface area contributed by atoms with Crippen molar-refractivity contribution in [1.82, 2.24) is 10.0 Å². The van der Waals surface area contributed by atoms with E-state index in [-0.39, 0.29) is 5.09 Å². The van der Waals surface area contributed by atoms with E-state index in [1.165, 1.54) is 45.2 Å². The van der Waals surface area contributed by atoms with E-state index in [2.05, 4.69) is 17.0 Å². The molecule has 0 saturated heterocycles. The second-order valence-corrected chi connectivity index (χ2v) is 7.84. The van der Waals surface area contributed by atoms with Crippen molar-refractivity contribution >= 4 is 10.0 Å². The van der Waals surface area contributed by atoms with Crippen LogP contribution in [0.25, 0.3) is 0 Å². The molecule has 5 nitrogen and oxygen atoms in total. The molecule has 0 atom stereocenters. The van der Waals surface area contributed by atoms with Crippen LogP contribution in [0.3, 0.4) is 0 Å². The number of nitrogens with one attached hydrogen (secondary N) is 2. The molecular formula is C15H26N2O3S. The zero-order valence-corrected chi connectivity index (χ0v) is 13.7. The van der Waals surface area contributed by atoms with Gasteiger partial charge in [-0.1, -0.05) is 32.6 Å². The zero-order chi connectivity index (χ0) is 15.3. The second kappa shape index (κ2) is 7.42. The summed E-state index contributed by atoms with van der Waals surface area (Å²) in [5.41, 5.74) is 0. The molecule has 21 heavy (non-hydrogen) atoms. The Morgan fingerprint density at radius 3 is 2.62 bits per heavy atom. The van der Waals surface area contributed by atoms with Gasteiger partial charge >= 0.3 is 0 Å². The van der Waals surface area contributed by atoms with Crippen LogP contribution in [0.15, 0.2) is 21.6 Å². The Balaban J connectivity index is 1.70. The Morgan fingerprint density at radius 1 is 1.24 bits per heavy atom. The lowest BCUT2D eigenvalue weighted by molar-refractivity contribution is 0.274. The van der Waals surface area contributed by atoms with E-state index < -0.39 is 10.0 Å². The Labute approximate surface area is 127 Å². The number of hydrogen-bond acceptors (Lipinski definition) is 4. The van der Waals surface area contributed by atoms with Crippen LogP contribution in [-0.2, 0) is 16.6 Å². The average molecular weight is 314 g/mol. The summed E-state index contributed by atoms with van der Waals surface area (Å²) in [4.78, 5) is 0. The molecule has 1 aromatic heterocycles. The molecule has 0 unspecified atom stereocenters. The summed E-state index contributed by atoms with van der Waals surface area (Å²) in [5.74, 6) is 2.39. The van der Waals surface area contributed by atoms with Crippen LogP contribution >= 0.6 is 0 Å². The molecule has 0 bridgehead atoms. The van der Waals surface area contributed by atoms with E-state index in [1.807, 2.05) is 0 Å². The van der Waals surface area contributed by atoms with Gasteiger partial charge in [0.15, 0.2) is 0 Å². The third-order valence-electron chi connectivity index (χ3n) is 4.33. The molecule has 0 aromatic carbocycles. The van der Waals surface area contributed by atoms with Crippen LogP contribution in [0.4, 0.5) is 0 Å². The molecule has 1 heterocycles. The maximum Gasteiger partial charge on any atom is 0.273 e. The topological polar surface area (TPSA) is 71.3 Å². The van der Waals surface area contributed by atoms with Crippen LogP contribution in [0, 0.1) is 11.8 Å². The van der Waals surface area contributed by atoms with Crippen molar-refractivity contribution in [2.24, 2.45) is 11.8 Å². The molecule has 1 saturated carbocycles. The van der Waals surface area contributed by atoms with Gasteiger partial charge in [0.1, 0.15) is 5.76 Å². The van der Waals surface area contributed by atoms with Gasteiger partial charge < -0.3 is 9.73 Å².